The molecule has 0 aromatic heterocycles. The molecule has 1 N–H and O–H groups in total. The highest BCUT2D eigenvalue weighted by Crippen LogP contribution is 2.35. The van der Waals surface area contributed by atoms with Gasteiger partial charge in [-0.25, -0.2) is 4.39 Å². The molecule has 0 radical (unpaired) electrons. The van der Waals surface area contributed by atoms with Crippen LogP contribution in [0.1, 0.15) is 31.7 Å². The van der Waals surface area contributed by atoms with Crippen LogP contribution >= 0.6 is 0 Å². The maximum absolute atomic E-state index is 13.6. The van der Waals surface area contributed by atoms with Gasteiger partial charge >= 0.3 is 5.97 Å². The first-order chi connectivity index (χ1) is 9.98. The third-order valence-corrected chi connectivity index (χ3v) is 4.50. The van der Waals surface area contributed by atoms with Crippen molar-refractivity contribution in [2.24, 2.45) is 5.41 Å². The zero-order chi connectivity index (χ0) is 15.5. The standard InChI is InChI=1S/C16H20FNO3/c1-2-16(15(20)21)7-9-18(10-8-16)14(19)11-12-5-3-4-6-13(12)17/h3-6H,2,7-11H2,1H3,(H,20,21). The van der Waals surface area contributed by atoms with Gasteiger partial charge in [-0.1, -0.05) is 25.1 Å². The minimum Gasteiger partial charge on any atom is -0.481 e. The van der Waals surface area contributed by atoms with Gasteiger partial charge in [-0.2, -0.15) is 0 Å². The van der Waals surface area contributed by atoms with Gasteiger partial charge in [-0.3, -0.25) is 9.59 Å². The van der Waals surface area contributed by atoms with E-state index in [1.165, 1.54) is 6.07 Å². The van der Waals surface area contributed by atoms with Crippen LogP contribution in [-0.2, 0) is 16.0 Å². The van der Waals surface area contributed by atoms with Crippen LogP contribution in [0.2, 0.25) is 0 Å². The molecule has 0 atom stereocenters. The van der Waals surface area contributed by atoms with Gasteiger partial charge < -0.3 is 10.0 Å². The predicted octanol–water partition coefficient (Wildman–Crippen LogP) is 2.47. The van der Waals surface area contributed by atoms with Gasteiger partial charge in [0.1, 0.15) is 5.82 Å². The Kier molecular flexibility index (Phi) is 4.60. The molecule has 0 unspecified atom stereocenters. The van der Waals surface area contributed by atoms with Crippen molar-refractivity contribution in [3.63, 3.8) is 0 Å². The topological polar surface area (TPSA) is 57.6 Å². The molecule has 21 heavy (non-hydrogen) atoms. The van der Waals surface area contributed by atoms with Crippen molar-refractivity contribution in [1.82, 2.24) is 4.90 Å². The second-order valence-corrected chi connectivity index (χ2v) is 5.59. The van der Waals surface area contributed by atoms with Crippen molar-refractivity contribution >= 4 is 11.9 Å². The Balaban J connectivity index is 1.98. The molecule has 1 saturated heterocycles. The molecule has 0 bridgehead atoms. The van der Waals surface area contributed by atoms with Gasteiger partial charge in [0.15, 0.2) is 0 Å². The van der Waals surface area contributed by atoms with Crippen molar-refractivity contribution < 1.29 is 19.1 Å². The first-order valence-corrected chi connectivity index (χ1v) is 7.23. The maximum atomic E-state index is 13.6. The van der Waals surface area contributed by atoms with Gasteiger partial charge in [0.2, 0.25) is 5.91 Å². The second kappa shape index (κ2) is 6.24. The van der Waals surface area contributed by atoms with E-state index in [4.69, 9.17) is 0 Å². The number of aliphatic carboxylic acids is 1. The third kappa shape index (κ3) is 3.23. The molecule has 2 rings (SSSR count). The number of carboxylic acids is 1. The first-order valence-electron chi connectivity index (χ1n) is 7.23. The van der Waals surface area contributed by atoms with Crippen molar-refractivity contribution in [2.45, 2.75) is 32.6 Å². The molecule has 114 valence electrons. The summed E-state index contributed by atoms with van der Waals surface area (Å²) in [5.74, 6) is -1.31. The van der Waals surface area contributed by atoms with E-state index in [0.717, 1.165) is 0 Å². The van der Waals surface area contributed by atoms with E-state index in [1.807, 2.05) is 6.92 Å². The molecule has 0 spiro atoms. The Labute approximate surface area is 123 Å². The summed E-state index contributed by atoms with van der Waals surface area (Å²) in [5, 5.41) is 9.33. The minimum atomic E-state index is -0.786. The van der Waals surface area contributed by atoms with E-state index in [2.05, 4.69) is 0 Å². The van der Waals surface area contributed by atoms with Gasteiger partial charge in [-0.05, 0) is 30.9 Å². The van der Waals surface area contributed by atoms with Crippen LogP contribution in [-0.4, -0.2) is 35.0 Å². The number of benzene rings is 1. The number of halogens is 1. The van der Waals surface area contributed by atoms with Crippen LogP contribution in [0.4, 0.5) is 4.39 Å². The molecule has 0 aliphatic carbocycles. The Morgan fingerprint density at radius 3 is 2.43 bits per heavy atom. The van der Waals surface area contributed by atoms with Gasteiger partial charge in [0.05, 0.1) is 11.8 Å². The number of nitrogens with zero attached hydrogens (tertiary/aromatic N) is 1. The Morgan fingerprint density at radius 2 is 1.90 bits per heavy atom. The quantitative estimate of drug-likeness (QED) is 0.927. The fourth-order valence-corrected chi connectivity index (χ4v) is 2.82. The summed E-state index contributed by atoms with van der Waals surface area (Å²) >= 11 is 0. The molecule has 0 saturated carbocycles. The fraction of sp³-hybridized carbons (Fsp3) is 0.500. The molecule has 1 aliphatic rings. The summed E-state index contributed by atoms with van der Waals surface area (Å²) in [6.45, 7) is 2.71. The van der Waals surface area contributed by atoms with Crippen molar-refractivity contribution in [3.05, 3.63) is 35.6 Å². The molecule has 4 nitrogen and oxygen atoms in total. The molecular formula is C16H20FNO3. The number of rotatable bonds is 4. The van der Waals surface area contributed by atoms with Crippen molar-refractivity contribution in [2.75, 3.05) is 13.1 Å². The summed E-state index contributed by atoms with van der Waals surface area (Å²) in [6, 6.07) is 6.23. The van der Waals surface area contributed by atoms with Crippen LogP contribution in [0.5, 0.6) is 0 Å². The van der Waals surface area contributed by atoms with E-state index in [1.54, 1.807) is 23.1 Å². The van der Waals surface area contributed by atoms with Gasteiger partial charge in [0.25, 0.3) is 0 Å². The van der Waals surface area contributed by atoms with E-state index in [0.29, 0.717) is 37.9 Å². The summed E-state index contributed by atoms with van der Waals surface area (Å²) in [6.07, 6.45) is 1.51. The Bertz CT molecular complexity index is 536. The number of carboxylic acid groups (broad SMARTS) is 1. The van der Waals surface area contributed by atoms with Crippen molar-refractivity contribution in [1.29, 1.82) is 0 Å². The molecule has 1 aromatic carbocycles. The average Bonchev–Trinajstić information content (AvgIpc) is 2.49. The third-order valence-electron chi connectivity index (χ3n) is 4.50. The predicted molar refractivity (Wildman–Crippen MR) is 76.3 cm³/mol. The second-order valence-electron chi connectivity index (χ2n) is 5.59. The minimum absolute atomic E-state index is 0.0267. The molecule has 5 heteroatoms. The van der Waals surface area contributed by atoms with Crippen LogP contribution in [0, 0.1) is 11.2 Å². The highest BCUT2D eigenvalue weighted by Gasteiger charge is 2.40. The highest BCUT2D eigenvalue weighted by atomic mass is 19.1. The lowest BCUT2D eigenvalue weighted by Gasteiger charge is -2.38. The van der Waals surface area contributed by atoms with E-state index < -0.39 is 11.4 Å². The molecular weight excluding hydrogens is 273 g/mol. The van der Waals surface area contributed by atoms with E-state index >= 15 is 0 Å². The molecule has 1 fully saturated rings. The normalized spacial score (nSPS) is 17.5. The number of amides is 1. The first kappa shape index (κ1) is 15.5. The molecule has 1 aliphatic heterocycles. The summed E-state index contributed by atoms with van der Waals surface area (Å²) in [5.41, 5.74) is -0.331. The number of hydrogen-bond donors (Lipinski definition) is 1. The zero-order valence-electron chi connectivity index (χ0n) is 12.1. The fourth-order valence-electron chi connectivity index (χ4n) is 2.82. The van der Waals surface area contributed by atoms with Crippen LogP contribution < -0.4 is 0 Å². The lowest BCUT2D eigenvalue weighted by Crippen LogP contribution is -2.46. The average molecular weight is 293 g/mol. The van der Waals surface area contributed by atoms with Crippen molar-refractivity contribution in [3.8, 4) is 0 Å². The Hall–Kier alpha value is -1.91. The number of piperidine rings is 1. The molecule has 1 aromatic rings. The number of carbonyl (C=O) groups is 2. The van der Waals surface area contributed by atoms with Crippen LogP contribution in [0.15, 0.2) is 24.3 Å². The highest BCUT2D eigenvalue weighted by molar-refractivity contribution is 5.80. The summed E-state index contributed by atoms with van der Waals surface area (Å²) in [7, 11) is 0. The molecule has 1 heterocycles. The van der Waals surface area contributed by atoms with Gasteiger partial charge in [0, 0.05) is 13.1 Å². The maximum Gasteiger partial charge on any atom is 0.309 e. The number of likely N-dealkylation sites (tertiary alicyclic amines) is 1. The Morgan fingerprint density at radius 1 is 1.29 bits per heavy atom. The monoisotopic (exact) mass is 293 g/mol. The summed E-state index contributed by atoms with van der Waals surface area (Å²) in [4.78, 5) is 25.2. The van der Waals surface area contributed by atoms with Crippen LogP contribution in [0.3, 0.4) is 0 Å². The van der Waals surface area contributed by atoms with Gasteiger partial charge in [-0.15, -0.1) is 0 Å². The van der Waals surface area contributed by atoms with E-state index in [9.17, 15) is 19.1 Å². The van der Waals surface area contributed by atoms with Crippen LogP contribution in [0.25, 0.3) is 0 Å². The zero-order valence-corrected chi connectivity index (χ0v) is 12.1. The number of carbonyl (C=O) groups excluding carboxylic acids is 1. The summed E-state index contributed by atoms with van der Waals surface area (Å²) < 4.78 is 13.6. The molecule has 1 amide bonds. The SMILES string of the molecule is CCC1(C(=O)O)CCN(C(=O)Cc2ccccc2F)CC1. The lowest BCUT2D eigenvalue weighted by molar-refractivity contribution is -0.154. The lowest BCUT2D eigenvalue weighted by atomic mass is 9.76. The smallest absolute Gasteiger partial charge is 0.309 e. The van der Waals surface area contributed by atoms with E-state index in [-0.39, 0.29) is 18.1 Å². The largest absolute Gasteiger partial charge is 0.481 e. The number of hydrogen-bond acceptors (Lipinski definition) is 2.